The van der Waals surface area contributed by atoms with Gasteiger partial charge in [0, 0.05) is 18.0 Å². The van der Waals surface area contributed by atoms with Gasteiger partial charge in [0.15, 0.2) is 0 Å². The predicted molar refractivity (Wildman–Crippen MR) is 52.7 cm³/mol. The first-order valence-electron chi connectivity index (χ1n) is 3.73. The van der Waals surface area contributed by atoms with E-state index in [0.717, 1.165) is 5.02 Å². The highest BCUT2D eigenvalue weighted by Gasteiger charge is 2.12. The van der Waals surface area contributed by atoms with Gasteiger partial charge in [-0.2, -0.15) is 4.57 Å². The van der Waals surface area contributed by atoms with Crippen molar-refractivity contribution < 1.29 is 28.5 Å². The van der Waals surface area contributed by atoms with E-state index < -0.39 is 0 Å². The largest absolute Gasteiger partial charge is 1.00 e. The maximum atomic E-state index is 5.89. The Balaban J connectivity index is 0.000000845. The molecule has 1 nitrogen and oxygen atoms in total. The van der Waals surface area contributed by atoms with Crippen molar-refractivity contribution in [3.05, 3.63) is 28.2 Å². The number of halogens is 2. The molecule has 0 aliphatic rings. The molecule has 0 saturated carbocycles. The number of benzene rings is 1. The Morgan fingerprint density at radius 2 is 2.08 bits per heavy atom. The SMILES string of the molecule is Cc1sc2ccc(Cl)cc2[n+]1C.[I-]. The Labute approximate surface area is 103 Å². The Hall–Kier alpha value is 0.130. The van der Waals surface area contributed by atoms with Gasteiger partial charge in [-0.3, -0.25) is 0 Å². The zero-order valence-corrected chi connectivity index (χ0v) is 11.1. The van der Waals surface area contributed by atoms with E-state index in [1.807, 2.05) is 12.1 Å². The van der Waals surface area contributed by atoms with Gasteiger partial charge in [0.05, 0.1) is 0 Å². The van der Waals surface area contributed by atoms with Crippen LogP contribution in [-0.2, 0) is 7.05 Å². The van der Waals surface area contributed by atoms with Crippen LogP contribution in [-0.4, -0.2) is 0 Å². The quantitative estimate of drug-likeness (QED) is 0.462. The highest BCUT2D eigenvalue weighted by Crippen LogP contribution is 2.22. The minimum atomic E-state index is 0. The molecular formula is C9H9ClINS. The van der Waals surface area contributed by atoms with Crippen LogP contribution in [0.15, 0.2) is 18.2 Å². The molecule has 0 atom stereocenters. The normalized spacial score (nSPS) is 10.1. The summed E-state index contributed by atoms with van der Waals surface area (Å²) in [4.78, 5) is 0. The molecule has 1 aromatic heterocycles. The van der Waals surface area contributed by atoms with Gasteiger partial charge in [-0.25, -0.2) is 0 Å². The standard InChI is InChI=1S/C9H9ClNS.HI/c1-6-11(2)8-5-7(10)3-4-9(8)12-6;/h3-5H,1-2H3;1H/q+1;/p-1. The molecule has 0 bridgehead atoms. The van der Waals surface area contributed by atoms with Gasteiger partial charge in [0.1, 0.15) is 11.7 Å². The molecule has 13 heavy (non-hydrogen) atoms. The average molecular weight is 326 g/mol. The zero-order chi connectivity index (χ0) is 8.72. The number of hydrogen-bond acceptors (Lipinski definition) is 1. The van der Waals surface area contributed by atoms with Crippen LogP contribution in [0.25, 0.3) is 10.2 Å². The maximum absolute atomic E-state index is 5.89. The number of aromatic nitrogens is 1. The van der Waals surface area contributed by atoms with Crippen molar-refractivity contribution in [3.63, 3.8) is 0 Å². The van der Waals surface area contributed by atoms with E-state index in [0.29, 0.717) is 0 Å². The summed E-state index contributed by atoms with van der Waals surface area (Å²) in [5.74, 6) is 0. The van der Waals surface area contributed by atoms with Gasteiger partial charge in [0.25, 0.3) is 0 Å². The third-order valence-corrected chi connectivity index (χ3v) is 3.38. The van der Waals surface area contributed by atoms with E-state index >= 15 is 0 Å². The van der Waals surface area contributed by atoms with Crippen LogP contribution >= 0.6 is 22.9 Å². The summed E-state index contributed by atoms with van der Waals surface area (Å²) in [5.41, 5.74) is 1.21. The fourth-order valence-corrected chi connectivity index (χ4v) is 2.39. The fourth-order valence-electron chi connectivity index (χ4n) is 1.24. The molecule has 4 heteroatoms. The van der Waals surface area contributed by atoms with E-state index in [4.69, 9.17) is 11.6 Å². The van der Waals surface area contributed by atoms with Crippen molar-refractivity contribution >= 4 is 33.2 Å². The summed E-state index contributed by atoms with van der Waals surface area (Å²) in [7, 11) is 2.06. The molecule has 0 spiro atoms. The van der Waals surface area contributed by atoms with Crippen molar-refractivity contribution in [2.24, 2.45) is 7.05 Å². The zero-order valence-electron chi connectivity index (χ0n) is 7.34. The van der Waals surface area contributed by atoms with E-state index in [2.05, 4.69) is 24.6 Å². The molecule has 70 valence electrons. The molecule has 0 aliphatic heterocycles. The first-order valence-corrected chi connectivity index (χ1v) is 4.92. The first-order chi connectivity index (χ1) is 5.68. The van der Waals surface area contributed by atoms with Crippen LogP contribution in [0.2, 0.25) is 5.02 Å². The minimum Gasteiger partial charge on any atom is -1.00 e. The van der Waals surface area contributed by atoms with Gasteiger partial charge in [-0.1, -0.05) is 22.9 Å². The van der Waals surface area contributed by atoms with Crippen LogP contribution in [0.5, 0.6) is 0 Å². The summed E-state index contributed by atoms with van der Waals surface area (Å²) >= 11 is 7.68. The summed E-state index contributed by atoms with van der Waals surface area (Å²) in [6.07, 6.45) is 0. The molecule has 2 rings (SSSR count). The van der Waals surface area contributed by atoms with Crippen LogP contribution < -0.4 is 28.5 Å². The molecule has 0 amide bonds. The van der Waals surface area contributed by atoms with E-state index in [1.54, 1.807) is 11.3 Å². The summed E-state index contributed by atoms with van der Waals surface area (Å²) in [5, 5.41) is 2.10. The van der Waals surface area contributed by atoms with Gasteiger partial charge in [-0.15, -0.1) is 0 Å². The van der Waals surface area contributed by atoms with Gasteiger partial charge in [0.2, 0.25) is 10.5 Å². The highest BCUT2D eigenvalue weighted by molar-refractivity contribution is 7.18. The maximum Gasteiger partial charge on any atom is 0.234 e. The van der Waals surface area contributed by atoms with E-state index in [1.165, 1.54) is 15.2 Å². The van der Waals surface area contributed by atoms with Crippen LogP contribution in [0.3, 0.4) is 0 Å². The lowest BCUT2D eigenvalue weighted by Crippen LogP contribution is -3.00. The number of hydrogen-bond donors (Lipinski definition) is 0. The van der Waals surface area contributed by atoms with Crippen molar-refractivity contribution in [3.8, 4) is 0 Å². The Bertz CT molecular complexity index is 438. The molecule has 1 heterocycles. The summed E-state index contributed by atoms with van der Waals surface area (Å²) < 4.78 is 3.45. The number of fused-ring (bicyclic) bond motifs is 1. The minimum absolute atomic E-state index is 0. The third-order valence-electron chi connectivity index (χ3n) is 2.01. The highest BCUT2D eigenvalue weighted by atomic mass is 127. The first kappa shape index (κ1) is 11.2. The molecule has 0 unspecified atom stereocenters. The van der Waals surface area contributed by atoms with Crippen molar-refractivity contribution in [2.45, 2.75) is 6.92 Å². The number of nitrogens with zero attached hydrogens (tertiary/aromatic N) is 1. The molecule has 0 saturated heterocycles. The summed E-state index contributed by atoms with van der Waals surface area (Å²) in [6.45, 7) is 2.11. The van der Waals surface area contributed by atoms with Crippen molar-refractivity contribution in [2.75, 3.05) is 0 Å². The lowest BCUT2D eigenvalue weighted by molar-refractivity contribution is -0.646. The second-order valence-corrected chi connectivity index (χ2v) is 4.46. The van der Waals surface area contributed by atoms with Gasteiger partial charge < -0.3 is 24.0 Å². The summed E-state index contributed by atoms with van der Waals surface area (Å²) in [6, 6.07) is 6.00. The molecule has 0 radical (unpaired) electrons. The van der Waals surface area contributed by atoms with Gasteiger partial charge >= 0.3 is 0 Å². The Morgan fingerprint density at radius 3 is 2.77 bits per heavy atom. The number of aryl methyl sites for hydroxylation is 2. The van der Waals surface area contributed by atoms with E-state index in [-0.39, 0.29) is 24.0 Å². The molecule has 0 fully saturated rings. The third kappa shape index (κ3) is 1.97. The van der Waals surface area contributed by atoms with Crippen LogP contribution in [0.1, 0.15) is 5.01 Å². The Kier molecular flexibility index (Phi) is 3.54. The van der Waals surface area contributed by atoms with Crippen LogP contribution in [0.4, 0.5) is 0 Å². The lowest BCUT2D eigenvalue weighted by atomic mass is 10.3. The smallest absolute Gasteiger partial charge is 0.234 e. The molecule has 0 aliphatic carbocycles. The molecule has 1 aromatic carbocycles. The van der Waals surface area contributed by atoms with Gasteiger partial charge in [-0.05, 0) is 12.1 Å². The topological polar surface area (TPSA) is 3.88 Å². The molecule has 0 N–H and O–H groups in total. The number of thiazole rings is 1. The number of rotatable bonds is 0. The van der Waals surface area contributed by atoms with E-state index in [9.17, 15) is 0 Å². The second-order valence-electron chi connectivity index (χ2n) is 2.79. The second kappa shape index (κ2) is 4.11. The predicted octanol–water partition coefficient (Wildman–Crippen LogP) is -0.308. The Morgan fingerprint density at radius 1 is 1.38 bits per heavy atom. The molecular weight excluding hydrogens is 317 g/mol. The monoisotopic (exact) mass is 325 g/mol. The molecule has 2 aromatic rings. The fraction of sp³-hybridized carbons (Fsp3) is 0.222. The lowest BCUT2D eigenvalue weighted by Gasteiger charge is -1.87. The van der Waals surface area contributed by atoms with Crippen molar-refractivity contribution in [1.29, 1.82) is 0 Å². The average Bonchev–Trinajstić information content (AvgIpc) is 2.31. The van der Waals surface area contributed by atoms with Crippen molar-refractivity contribution in [1.82, 2.24) is 0 Å². The van der Waals surface area contributed by atoms with Crippen LogP contribution in [0, 0.1) is 6.92 Å².